The Labute approximate surface area is 228 Å². The van der Waals surface area contributed by atoms with E-state index in [1.54, 1.807) is 29.2 Å². The maximum atomic E-state index is 12.9. The van der Waals surface area contributed by atoms with Crippen LogP contribution in [0, 0.1) is 0 Å². The van der Waals surface area contributed by atoms with E-state index in [0.717, 1.165) is 42.1 Å². The molecule has 1 amide bonds. The molecule has 6 rings (SSSR count). The summed E-state index contributed by atoms with van der Waals surface area (Å²) in [7, 11) is 0. The summed E-state index contributed by atoms with van der Waals surface area (Å²) < 4.78 is 7.76. The number of fused-ring (bicyclic) bond motifs is 1. The van der Waals surface area contributed by atoms with Gasteiger partial charge in [0.15, 0.2) is 5.78 Å². The van der Waals surface area contributed by atoms with Crippen molar-refractivity contribution in [2.75, 3.05) is 26.2 Å². The van der Waals surface area contributed by atoms with E-state index in [0.29, 0.717) is 36.4 Å². The molecular weight excluding hydrogens is 488 g/mol. The molecule has 0 atom stereocenters. The van der Waals surface area contributed by atoms with Crippen LogP contribution in [0.25, 0.3) is 6.08 Å². The van der Waals surface area contributed by atoms with E-state index in [9.17, 15) is 9.59 Å². The SMILES string of the molecule is O=C1CC=C(NC(=O)c2cnn(Cc3ccccc3)c2)C=C1C1=Cc2cc(OCCN3CCCC3)ccc2C1. The van der Waals surface area contributed by atoms with Crippen LogP contribution in [-0.2, 0) is 17.8 Å². The predicted molar refractivity (Wildman–Crippen MR) is 150 cm³/mol. The largest absolute Gasteiger partial charge is 0.492 e. The Hall–Kier alpha value is -4.23. The monoisotopic (exact) mass is 520 g/mol. The zero-order valence-electron chi connectivity index (χ0n) is 21.9. The molecule has 0 radical (unpaired) electrons. The normalized spacial score (nSPS) is 16.9. The van der Waals surface area contributed by atoms with Gasteiger partial charge in [0, 0.05) is 30.4 Å². The number of likely N-dealkylation sites (tertiary alicyclic amines) is 1. The fourth-order valence-electron chi connectivity index (χ4n) is 5.38. The summed E-state index contributed by atoms with van der Waals surface area (Å²) in [4.78, 5) is 28.2. The van der Waals surface area contributed by atoms with Crippen LogP contribution >= 0.6 is 0 Å². The minimum atomic E-state index is -0.245. The van der Waals surface area contributed by atoms with Gasteiger partial charge in [-0.15, -0.1) is 0 Å². The van der Waals surface area contributed by atoms with Gasteiger partial charge in [0.1, 0.15) is 12.4 Å². The van der Waals surface area contributed by atoms with Gasteiger partial charge in [-0.25, -0.2) is 0 Å². The molecule has 0 saturated carbocycles. The number of carbonyl (C=O) groups excluding carboxylic acids is 2. The number of rotatable bonds is 9. The molecular formula is C32H32N4O3. The number of hydrogen-bond acceptors (Lipinski definition) is 5. The highest BCUT2D eigenvalue weighted by Gasteiger charge is 2.24. The van der Waals surface area contributed by atoms with E-state index >= 15 is 0 Å². The zero-order chi connectivity index (χ0) is 26.6. The highest BCUT2D eigenvalue weighted by atomic mass is 16.5. The van der Waals surface area contributed by atoms with Crippen molar-refractivity contribution in [3.8, 4) is 5.75 Å². The van der Waals surface area contributed by atoms with E-state index in [-0.39, 0.29) is 18.1 Å². The molecule has 0 bridgehead atoms. The molecule has 2 aliphatic carbocycles. The average molecular weight is 521 g/mol. The Morgan fingerprint density at radius 2 is 1.90 bits per heavy atom. The number of aromatic nitrogens is 2. The molecule has 1 fully saturated rings. The topological polar surface area (TPSA) is 76.5 Å². The third-order valence-electron chi connectivity index (χ3n) is 7.50. The van der Waals surface area contributed by atoms with Crippen LogP contribution in [0.3, 0.4) is 0 Å². The molecule has 0 unspecified atom stereocenters. The summed E-state index contributed by atoms with van der Waals surface area (Å²) in [6, 6.07) is 16.1. The van der Waals surface area contributed by atoms with Gasteiger partial charge in [0.2, 0.25) is 0 Å². The Bertz CT molecular complexity index is 1480. The first-order valence-electron chi connectivity index (χ1n) is 13.6. The number of Topliss-reactive ketones (excluding diaryl/α,β-unsaturated/α-hetero) is 1. The summed E-state index contributed by atoms with van der Waals surface area (Å²) >= 11 is 0. The van der Waals surface area contributed by atoms with Crippen molar-refractivity contribution in [1.29, 1.82) is 0 Å². The average Bonchev–Trinajstić information content (AvgIpc) is 3.71. The lowest BCUT2D eigenvalue weighted by atomic mass is 9.93. The molecule has 1 N–H and O–H groups in total. The lowest BCUT2D eigenvalue weighted by molar-refractivity contribution is -0.114. The zero-order valence-corrected chi connectivity index (χ0v) is 21.9. The van der Waals surface area contributed by atoms with Gasteiger partial charge in [0.25, 0.3) is 5.91 Å². The van der Waals surface area contributed by atoms with Crippen LogP contribution in [0.2, 0.25) is 0 Å². The van der Waals surface area contributed by atoms with Crippen LogP contribution in [0.5, 0.6) is 5.75 Å². The van der Waals surface area contributed by atoms with Gasteiger partial charge >= 0.3 is 0 Å². The number of benzene rings is 2. The summed E-state index contributed by atoms with van der Waals surface area (Å²) in [6.45, 7) is 4.55. The van der Waals surface area contributed by atoms with E-state index < -0.39 is 0 Å². The minimum absolute atomic E-state index is 0.0600. The summed E-state index contributed by atoms with van der Waals surface area (Å²) in [5.41, 5.74) is 6.11. The molecule has 7 heteroatoms. The number of carbonyl (C=O) groups is 2. The highest BCUT2D eigenvalue weighted by molar-refractivity contribution is 6.04. The molecule has 2 aromatic carbocycles. The quantitative estimate of drug-likeness (QED) is 0.448. The maximum absolute atomic E-state index is 12.9. The van der Waals surface area contributed by atoms with Gasteiger partial charge < -0.3 is 10.1 Å². The number of ketones is 1. The Morgan fingerprint density at radius 1 is 1.05 bits per heavy atom. The van der Waals surface area contributed by atoms with Crippen LogP contribution in [0.4, 0.5) is 0 Å². The van der Waals surface area contributed by atoms with Gasteiger partial charge in [0.05, 0.1) is 18.3 Å². The highest BCUT2D eigenvalue weighted by Crippen LogP contribution is 2.34. The number of nitrogens with zero attached hydrogens (tertiary/aromatic N) is 3. The number of hydrogen-bond donors (Lipinski definition) is 1. The number of amides is 1. The molecule has 198 valence electrons. The van der Waals surface area contributed by atoms with Crippen molar-refractivity contribution >= 4 is 17.8 Å². The van der Waals surface area contributed by atoms with E-state index in [4.69, 9.17) is 4.74 Å². The third-order valence-corrected chi connectivity index (χ3v) is 7.50. The smallest absolute Gasteiger partial charge is 0.258 e. The second-order valence-corrected chi connectivity index (χ2v) is 10.3. The van der Waals surface area contributed by atoms with E-state index in [1.165, 1.54) is 18.4 Å². The van der Waals surface area contributed by atoms with Crippen molar-refractivity contribution < 1.29 is 14.3 Å². The second kappa shape index (κ2) is 11.3. The van der Waals surface area contributed by atoms with Crippen molar-refractivity contribution in [2.45, 2.75) is 32.2 Å². The van der Waals surface area contributed by atoms with Crippen molar-refractivity contribution in [3.63, 3.8) is 0 Å². The lowest BCUT2D eigenvalue weighted by Gasteiger charge is -2.15. The Balaban J connectivity index is 1.09. The van der Waals surface area contributed by atoms with Gasteiger partial charge in [-0.3, -0.25) is 19.2 Å². The minimum Gasteiger partial charge on any atom is -0.492 e. The molecule has 39 heavy (non-hydrogen) atoms. The van der Waals surface area contributed by atoms with Gasteiger partial charge in [-0.05, 0) is 72.8 Å². The predicted octanol–water partition coefficient (Wildman–Crippen LogP) is 4.56. The van der Waals surface area contributed by atoms with Crippen molar-refractivity contribution in [3.05, 3.63) is 112 Å². The molecule has 1 saturated heterocycles. The number of ether oxygens (including phenoxy) is 1. The number of allylic oxidation sites excluding steroid dienone is 4. The molecule has 1 aromatic heterocycles. The summed E-state index contributed by atoms with van der Waals surface area (Å²) in [5.74, 6) is 0.671. The van der Waals surface area contributed by atoms with E-state index in [2.05, 4.69) is 33.5 Å². The Kier molecular flexibility index (Phi) is 7.23. The molecule has 1 aliphatic heterocycles. The first kappa shape index (κ1) is 25.1. The fourth-order valence-corrected chi connectivity index (χ4v) is 5.38. The summed E-state index contributed by atoms with van der Waals surface area (Å²) in [6.07, 6.45) is 12.5. The van der Waals surface area contributed by atoms with Crippen LogP contribution in [0.15, 0.2) is 89.9 Å². The number of nitrogens with one attached hydrogen (secondary N) is 1. The van der Waals surface area contributed by atoms with Crippen molar-refractivity contribution in [2.24, 2.45) is 0 Å². The van der Waals surface area contributed by atoms with Crippen molar-refractivity contribution in [1.82, 2.24) is 20.0 Å². The van der Waals surface area contributed by atoms with Crippen LogP contribution < -0.4 is 10.1 Å². The van der Waals surface area contributed by atoms with Gasteiger partial charge in [-0.2, -0.15) is 5.10 Å². The molecule has 7 nitrogen and oxygen atoms in total. The lowest BCUT2D eigenvalue weighted by Crippen LogP contribution is -2.25. The summed E-state index contributed by atoms with van der Waals surface area (Å²) in [5, 5.41) is 7.28. The third kappa shape index (κ3) is 5.94. The first-order chi connectivity index (χ1) is 19.1. The molecule has 2 heterocycles. The standard InChI is InChI=1S/C32H32N4O3/c37-31-11-9-28(34-32(38)27-20-33-36(22-27)21-23-6-2-1-3-7-23)19-30(31)26-16-24-8-10-29(18-25(24)17-26)39-15-14-35-12-4-5-13-35/h1-3,6-10,17-20,22H,4-5,11-16,21H2,(H,34,38). The maximum Gasteiger partial charge on any atom is 0.258 e. The van der Waals surface area contributed by atoms with Gasteiger partial charge in [-0.1, -0.05) is 48.6 Å². The first-order valence-corrected chi connectivity index (χ1v) is 13.6. The Morgan fingerprint density at radius 3 is 2.74 bits per heavy atom. The fraction of sp³-hybridized carbons (Fsp3) is 0.281. The molecule has 3 aliphatic rings. The van der Waals surface area contributed by atoms with Crippen LogP contribution in [-0.4, -0.2) is 52.6 Å². The second-order valence-electron chi connectivity index (χ2n) is 10.3. The molecule has 0 spiro atoms. The van der Waals surface area contributed by atoms with Crippen LogP contribution in [0.1, 0.15) is 46.3 Å². The molecule has 3 aromatic rings. The van der Waals surface area contributed by atoms with E-state index in [1.807, 2.05) is 36.4 Å².